The molecule has 1 rings (SSSR count). The van der Waals surface area contributed by atoms with E-state index < -0.39 is 0 Å². The van der Waals surface area contributed by atoms with Gasteiger partial charge in [0.1, 0.15) is 0 Å². The van der Waals surface area contributed by atoms with E-state index in [1.807, 2.05) is 13.8 Å². The molecule has 1 aliphatic heterocycles. The Labute approximate surface area is 70.9 Å². The van der Waals surface area contributed by atoms with E-state index in [4.69, 9.17) is 4.74 Å². The van der Waals surface area contributed by atoms with Crippen molar-refractivity contribution < 1.29 is 9.47 Å². The lowest BCUT2D eigenvalue weighted by atomic mass is 10.3. The molecular weight excluding hydrogens is 140 g/mol. The van der Waals surface area contributed by atoms with Gasteiger partial charge in [-0.25, -0.2) is 0 Å². The van der Waals surface area contributed by atoms with E-state index in [1.54, 1.807) is 14.2 Å². The van der Waals surface area contributed by atoms with Gasteiger partial charge in [-0.1, -0.05) is 13.8 Å². The summed E-state index contributed by atoms with van der Waals surface area (Å²) in [5.74, 6) is 0. The fourth-order valence-corrected chi connectivity index (χ4v) is 0.739. The van der Waals surface area contributed by atoms with Gasteiger partial charge in [0.2, 0.25) is 0 Å². The predicted molar refractivity (Wildman–Crippen MR) is 48.9 cm³/mol. The predicted octanol–water partition coefficient (Wildman–Crippen LogP) is 2.47. The third kappa shape index (κ3) is 13.0. The van der Waals surface area contributed by atoms with Crippen LogP contribution in [-0.4, -0.2) is 26.9 Å². The molecule has 0 aliphatic carbocycles. The summed E-state index contributed by atoms with van der Waals surface area (Å²) in [4.78, 5) is 0. The summed E-state index contributed by atoms with van der Waals surface area (Å²) < 4.78 is 9.40. The van der Waals surface area contributed by atoms with Crippen molar-refractivity contribution in [3.8, 4) is 0 Å². The molecule has 0 amide bonds. The molecule has 0 spiro atoms. The Morgan fingerprint density at radius 1 is 1.27 bits per heavy atom. The number of methoxy groups -OCH3 is 1. The maximum atomic E-state index is 5.15. The average Bonchev–Trinajstić information content (AvgIpc) is 2.46. The Kier molecular flexibility index (Phi) is 15.4. The molecule has 1 aliphatic rings. The van der Waals surface area contributed by atoms with Gasteiger partial charge in [-0.2, -0.15) is 0 Å². The van der Waals surface area contributed by atoms with Crippen molar-refractivity contribution in [1.29, 1.82) is 0 Å². The smallest absolute Gasteiger partial charge is 0.0547 e. The van der Waals surface area contributed by atoms with Crippen molar-refractivity contribution in [2.75, 3.05) is 20.8 Å². The molecule has 11 heavy (non-hydrogen) atoms. The fourth-order valence-electron chi connectivity index (χ4n) is 0.739. The van der Waals surface area contributed by atoms with Gasteiger partial charge >= 0.3 is 0 Å². The van der Waals surface area contributed by atoms with Crippen LogP contribution >= 0.6 is 0 Å². The van der Waals surface area contributed by atoms with Crippen LogP contribution in [0.3, 0.4) is 0 Å². The van der Waals surface area contributed by atoms with Crippen LogP contribution in [0.2, 0.25) is 0 Å². The minimum Gasteiger partial charge on any atom is -0.388 e. The molecule has 0 radical (unpaired) electrons. The van der Waals surface area contributed by atoms with Crippen LogP contribution in [0.25, 0.3) is 0 Å². The molecule has 2 heteroatoms. The zero-order valence-corrected chi connectivity index (χ0v) is 8.52. The lowest BCUT2D eigenvalue weighted by Crippen LogP contribution is -1.94. The second kappa shape index (κ2) is 12.6. The molecule has 0 bridgehead atoms. The van der Waals surface area contributed by atoms with Gasteiger partial charge in [-0.15, -0.1) is 0 Å². The van der Waals surface area contributed by atoms with Crippen LogP contribution in [0.4, 0.5) is 0 Å². The lowest BCUT2D eigenvalue weighted by molar-refractivity contribution is 0.125. The molecule has 1 fully saturated rings. The maximum absolute atomic E-state index is 5.15. The second-order valence-corrected chi connectivity index (χ2v) is 2.23. The molecule has 1 saturated heterocycles. The first-order valence-electron chi connectivity index (χ1n) is 4.33. The van der Waals surface area contributed by atoms with Crippen molar-refractivity contribution in [3.63, 3.8) is 0 Å². The molecule has 0 aromatic carbocycles. The van der Waals surface area contributed by atoms with E-state index >= 15 is 0 Å². The summed E-state index contributed by atoms with van der Waals surface area (Å²) in [5.41, 5.74) is 0. The van der Waals surface area contributed by atoms with E-state index in [-0.39, 0.29) is 0 Å². The van der Waals surface area contributed by atoms with Crippen LogP contribution in [0.15, 0.2) is 0 Å². The molecule has 0 aromatic rings. The van der Waals surface area contributed by atoms with Gasteiger partial charge in [0.15, 0.2) is 0 Å². The largest absolute Gasteiger partial charge is 0.388 e. The van der Waals surface area contributed by atoms with E-state index in [0.717, 1.165) is 6.61 Å². The van der Waals surface area contributed by atoms with Crippen LogP contribution in [-0.2, 0) is 9.47 Å². The highest BCUT2D eigenvalue weighted by atomic mass is 16.5. The van der Waals surface area contributed by atoms with Gasteiger partial charge < -0.3 is 9.47 Å². The Morgan fingerprint density at radius 3 is 1.82 bits per heavy atom. The monoisotopic (exact) mass is 162 g/mol. The summed E-state index contributed by atoms with van der Waals surface area (Å²) in [6, 6.07) is 0. The Hall–Kier alpha value is -0.0800. The Balaban J connectivity index is 0. The summed E-state index contributed by atoms with van der Waals surface area (Å²) in [5, 5.41) is 0. The summed E-state index contributed by atoms with van der Waals surface area (Å²) in [7, 11) is 3.25. The minimum absolute atomic E-state index is 0.546. The van der Waals surface area contributed by atoms with Crippen molar-refractivity contribution in [2.24, 2.45) is 0 Å². The molecule has 0 saturated carbocycles. The highest BCUT2D eigenvalue weighted by Crippen LogP contribution is 2.09. The highest BCUT2D eigenvalue weighted by Gasteiger charge is 2.07. The van der Waals surface area contributed by atoms with Crippen LogP contribution < -0.4 is 0 Å². The quantitative estimate of drug-likeness (QED) is 0.545. The lowest BCUT2D eigenvalue weighted by Gasteiger charge is -1.94. The topological polar surface area (TPSA) is 18.5 Å². The third-order valence-corrected chi connectivity index (χ3v) is 1.16. The van der Waals surface area contributed by atoms with Crippen LogP contribution in [0, 0.1) is 0 Å². The number of ether oxygens (including phenoxy) is 2. The van der Waals surface area contributed by atoms with Gasteiger partial charge in [0.25, 0.3) is 0 Å². The number of rotatable bonds is 0. The standard InChI is InChI=1S/C5H10O.C2H6O.C2H6/c1-5-3-2-4-6-5;1-3-2;1-2/h5H,2-4H2,1H3;1-2H3;1-2H3. The summed E-state index contributed by atoms with van der Waals surface area (Å²) in [6.45, 7) is 7.11. The van der Waals surface area contributed by atoms with Crippen LogP contribution in [0.5, 0.6) is 0 Å². The molecule has 1 atom stereocenters. The molecule has 1 heterocycles. The van der Waals surface area contributed by atoms with E-state index in [9.17, 15) is 0 Å². The first-order chi connectivity index (χ1) is 5.31. The van der Waals surface area contributed by atoms with Crippen molar-refractivity contribution in [3.05, 3.63) is 0 Å². The van der Waals surface area contributed by atoms with E-state index in [1.165, 1.54) is 12.8 Å². The summed E-state index contributed by atoms with van der Waals surface area (Å²) in [6.07, 6.45) is 3.08. The third-order valence-electron chi connectivity index (χ3n) is 1.16. The van der Waals surface area contributed by atoms with E-state index in [0.29, 0.717) is 6.10 Å². The fraction of sp³-hybridized carbons (Fsp3) is 1.00. The minimum atomic E-state index is 0.546. The normalized spacial score (nSPS) is 21.0. The molecular formula is C9H22O2. The highest BCUT2D eigenvalue weighted by molar-refractivity contribution is 4.56. The average molecular weight is 162 g/mol. The van der Waals surface area contributed by atoms with Crippen molar-refractivity contribution in [1.82, 2.24) is 0 Å². The molecule has 0 aromatic heterocycles. The number of hydrogen-bond donors (Lipinski definition) is 0. The Morgan fingerprint density at radius 2 is 1.73 bits per heavy atom. The first kappa shape index (κ1) is 13.5. The van der Waals surface area contributed by atoms with E-state index in [2.05, 4.69) is 11.7 Å². The molecule has 70 valence electrons. The SMILES string of the molecule is CC.CC1CCCO1.COC. The maximum Gasteiger partial charge on any atom is 0.0547 e. The summed E-state index contributed by atoms with van der Waals surface area (Å²) >= 11 is 0. The zero-order valence-electron chi connectivity index (χ0n) is 8.52. The van der Waals surface area contributed by atoms with Gasteiger partial charge in [0.05, 0.1) is 6.10 Å². The number of hydrogen-bond acceptors (Lipinski definition) is 2. The van der Waals surface area contributed by atoms with Gasteiger partial charge in [0, 0.05) is 20.8 Å². The van der Waals surface area contributed by atoms with Gasteiger partial charge in [-0.05, 0) is 19.8 Å². The van der Waals surface area contributed by atoms with Crippen molar-refractivity contribution >= 4 is 0 Å². The molecule has 0 N–H and O–H groups in total. The Bertz CT molecular complexity index is 49.5. The first-order valence-corrected chi connectivity index (χ1v) is 4.33. The molecule has 1 unspecified atom stereocenters. The zero-order chi connectivity index (χ0) is 9.11. The van der Waals surface area contributed by atoms with Crippen LogP contribution in [0.1, 0.15) is 33.6 Å². The molecule has 2 nitrogen and oxygen atoms in total. The van der Waals surface area contributed by atoms with Gasteiger partial charge in [-0.3, -0.25) is 0 Å². The second-order valence-electron chi connectivity index (χ2n) is 2.23. The van der Waals surface area contributed by atoms with Crippen molar-refractivity contribution in [2.45, 2.75) is 39.7 Å².